The Labute approximate surface area is 81.5 Å². The minimum Gasteiger partial charge on any atom is -0.300 e. The molecule has 1 saturated carbocycles. The largest absolute Gasteiger partial charge is 0.300 e. The molecule has 13 heavy (non-hydrogen) atoms. The highest BCUT2D eigenvalue weighted by Gasteiger charge is 2.38. The third-order valence-electron chi connectivity index (χ3n) is 3.57. The molecule has 1 nitrogen and oxygen atoms in total. The van der Waals surface area contributed by atoms with E-state index in [1.54, 1.807) is 0 Å². The lowest BCUT2D eigenvalue weighted by atomic mass is 9.77. The number of unbranched alkanes of at least 4 members (excludes halogenated alkanes) is 1. The molecule has 72 valence electrons. The number of likely N-dealkylation sites (tertiary alicyclic amines) is 1. The van der Waals surface area contributed by atoms with Crippen LogP contribution >= 0.6 is 0 Å². The fourth-order valence-corrected chi connectivity index (χ4v) is 2.82. The summed E-state index contributed by atoms with van der Waals surface area (Å²) in [5.74, 6) is 3.76. The van der Waals surface area contributed by atoms with Gasteiger partial charge in [0.25, 0.3) is 0 Å². The molecule has 1 heterocycles. The third kappa shape index (κ3) is 1.89. The zero-order valence-corrected chi connectivity index (χ0v) is 8.34. The highest BCUT2D eigenvalue weighted by Crippen LogP contribution is 2.36. The summed E-state index contributed by atoms with van der Waals surface area (Å²) in [4.78, 5) is 2.64. The maximum Gasteiger partial charge on any atom is 0.0136 e. The first kappa shape index (κ1) is 9.09. The van der Waals surface area contributed by atoms with E-state index in [4.69, 9.17) is 6.42 Å². The van der Waals surface area contributed by atoms with Crippen LogP contribution in [0.5, 0.6) is 0 Å². The molecule has 0 spiro atoms. The Morgan fingerprint density at radius 1 is 1.31 bits per heavy atom. The highest BCUT2D eigenvalue weighted by atomic mass is 15.2. The number of rotatable bonds is 3. The standard InChI is InChI=1S/C12H19N/c1-2-3-6-9-13-10-11-7-4-5-8-12(11)13/h1,11-12H,3-10H2/t11-,12-/m1/s1. The van der Waals surface area contributed by atoms with Crippen molar-refractivity contribution in [1.29, 1.82) is 0 Å². The first-order valence-corrected chi connectivity index (χ1v) is 5.59. The molecule has 2 atom stereocenters. The van der Waals surface area contributed by atoms with Crippen molar-refractivity contribution in [3.63, 3.8) is 0 Å². The van der Waals surface area contributed by atoms with Gasteiger partial charge in [-0.05, 0) is 31.7 Å². The second-order valence-electron chi connectivity index (χ2n) is 4.41. The Morgan fingerprint density at radius 3 is 2.92 bits per heavy atom. The number of hydrogen-bond donors (Lipinski definition) is 0. The predicted molar refractivity (Wildman–Crippen MR) is 55.4 cm³/mol. The smallest absolute Gasteiger partial charge is 0.0136 e. The molecule has 0 N–H and O–H groups in total. The van der Waals surface area contributed by atoms with Crippen molar-refractivity contribution >= 4 is 0 Å². The Bertz CT molecular complexity index is 204. The molecule has 0 aromatic carbocycles. The second kappa shape index (κ2) is 4.15. The van der Waals surface area contributed by atoms with Gasteiger partial charge in [0, 0.05) is 19.0 Å². The zero-order chi connectivity index (χ0) is 9.10. The Balaban J connectivity index is 1.69. The van der Waals surface area contributed by atoms with Crippen molar-refractivity contribution in [2.45, 2.75) is 44.6 Å². The van der Waals surface area contributed by atoms with Crippen LogP contribution in [-0.4, -0.2) is 24.0 Å². The summed E-state index contributed by atoms with van der Waals surface area (Å²) >= 11 is 0. The van der Waals surface area contributed by atoms with Crippen LogP contribution in [0.4, 0.5) is 0 Å². The van der Waals surface area contributed by atoms with Crippen LogP contribution in [0.15, 0.2) is 0 Å². The van der Waals surface area contributed by atoms with Gasteiger partial charge in [-0.25, -0.2) is 0 Å². The summed E-state index contributed by atoms with van der Waals surface area (Å²) in [7, 11) is 0. The van der Waals surface area contributed by atoms with E-state index in [0.29, 0.717) is 0 Å². The normalized spacial score (nSPS) is 33.2. The van der Waals surface area contributed by atoms with Crippen LogP contribution in [0.3, 0.4) is 0 Å². The first-order valence-electron chi connectivity index (χ1n) is 5.59. The fourth-order valence-electron chi connectivity index (χ4n) is 2.82. The van der Waals surface area contributed by atoms with Gasteiger partial charge in [-0.15, -0.1) is 12.3 Å². The summed E-state index contributed by atoms with van der Waals surface area (Å²) in [5, 5.41) is 0. The first-order chi connectivity index (χ1) is 6.42. The molecule has 0 radical (unpaired) electrons. The molecule has 0 amide bonds. The van der Waals surface area contributed by atoms with E-state index in [1.807, 2.05) is 0 Å². The SMILES string of the molecule is C#CCCCN1C[C@H]2CCCC[C@H]21. The van der Waals surface area contributed by atoms with E-state index in [0.717, 1.165) is 18.4 Å². The van der Waals surface area contributed by atoms with Crippen LogP contribution in [0.25, 0.3) is 0 Å². The molecule has 0 unspecified atom stereocenters. The summed E-state index contributed by atoms with van der Waals surface area (Å²) in [6.07, 6.45) is 13.2. The van der Waals surface area contributed by atoms with E-state index in [1.165, 1.54) is 45.2 Å². The quantitative estimate of drug-likeness (QED) is 0.472. The van der Waals surface area contributed by atoms with Gasteiger partial charge in [0.2, 0.25) is 0 Å². The van der Waals surface area contributed by atoms with Gasteiger partial charge in [0.1, 0.15) is 0 Å². The van der Waals surface area contributed by atoms with E-state index in [9.17, 15) is 0 Å². The summed E-state index contributed by atoms with van der Waals surface area (Å²) in [6, 6.07) is 0.937. The molecule has 2 fully saturated rings. The highest BCUT2D eigenvalue weighted by molar-refractivity contribution is 4.94. The molecule has 2 rings (SSSR count). The van der Waals surface area contributed by atoms with Gasteiger partial charge < -0.3 is 0 Å². The van der Waals surface area contributed by atoms with Crippen molar-refractivity contribution in [2.75, 3.05) is 13.1 Å². The van der Waals surface area contributed by atoms with Crippen molar-refractivity contribution in [3.05, 3.63) is 0 Å². The minimum absolute atomic E-state index is 0.937. The number of nitrogens with zero attached hydrogens (tertiary/aromatic N) is 1. The lowest BCUT2D eigenvalue weighted by molar-refractivity contribution is -0.0143. The Hall–Kier alpha value is -0.480. The average molecular weight is 177 g/mol. The van der Waals surface area contributed by atoms with Crippen LogP contribution in [0.1, 0.15) is 38.5 Å². The van der Waals surface area contributed by atoms with E-state index < -0.39 is 0 Å². The van der Waals surface area contributed by atoms with E-state index >= 15 is 0 Å². The lowest BCUT2D eigenvalue weighted by Gasteiger charge is -2.51. The second-order valence-corrected chi connectivity index (χ2v) is 4.41. The molecule has 0 aromatic heterocycles. The Kier molecular flexibility index (Phi) is 2.90. The maximum atomic E-state index is 5.24. The van der Waals surface area contributed by atoms with Crippen LogP contribution in [-0.2, 0) is 0 Å². The maximum absolute atomic E-state index is 5.24. The van der Waals surface area contributed by atoms with Crippen LogP contribution in [0, 0.1) is 18.3 Å². The molecule has 0 bridgehead atoms. The third-order valence-corrected chi connectivity index (χ3v) is 3.57. The molecule has 1 aliphatic carbocycles. The lowest BCUT2D eigenvalue weighted by Crippen LogP contribution is -2.57. The van der Waals surface area contributed by atoms with Crippen LogP contribution < -0.4 is 0 Å². The van der Waals surface area contributed by atoms with Gasteiger partial charge in [-0.3, -0.25) is 4.90 Å². The summed E-state index contributed by atoms with van der Waals surface area (Å²) in [6.45, 7) is 2.60. The van der Waals surface area contributed by atoms with Crippen molar-refractivity contribution in [3.8, 4) is 12.3 Å². The topological polar surface area (TPSA) is 3.24 Å². The Morgan fingerprint density at radius 2 is 2.15 bits per heavy atom. The molecule has 2 aliphatic rings. The molecule has 1 saturated heterocycles. The number of hydrogen-bond acceptors (Lipinski definition) is 1. The monoisotopic (exact) mass is 177 g/mol. The summed E-state index contributed by atoms with van der Waals surface area (Å²) in [5.41, 5.74) is 0. The molecule has 1 aliphatic heterocycles. The van der Waals surface area contributed by atoms with Gasteiger partial charge in [-0.2, -0.15) is 0 Å². The van der Waals surface area contributed by atoms with Gasteiger partial charge >= 0.3 is 0 Å². The van der Waals surface area contributed by atoms with Crippen LogP contribution in [0.2, 0.25) is 0 Å². The average Bonchev–Trinajstić information content (AvgIpc) is 2.13. The predicted octanol–water partition coefficient (Wildman–Crippen LogP) is 2.27. The molecular formula is C12H19N. The van der Waals surface area contributed by atoms with E-state index in [-0.39, 0.29) is 0 Å². The van der Waals surface area contributed by atoms with Crippen molar-refractivity contribution < 1.29 is 0 Å². The number of fused-ring (bicyclic) bond motifs is 1. The number of terminal acetylenes is 1. The van der Waals surface area contributed by atoms with Gasteiger partial charge in [0.05, 0.1) is 0 Å². The molecule has 1 heteroatoms. The molecule has 0 aromatic rings. The van der Waals surface area contributed by atoms with Gasteiger partial charge in [-0.1, -0.05) is 12.8 Å². The van der Waals surface area contributed by atoms with Crippen molar-refractivity contribution in [2.24, 2.45) is 5.92 Å². The van der Waals surface area contributed by atoms with E-state index in [2.05, 4.69) is 10.8 Å². The summed E-state index contributed by atoms with van der Waals surface area (Å²) < 4.78 is 0. The minimum atomic E-state index is 0.937. The fraction of sp³-hybridized carbons (Fsp3) is 0.833. The van der Waals surface area contributed by atoms with Gasteiger partial charge in [0.15, 0.2) is 0 Å². The van der Waals surface area contributed by atoms with Crippen molar-refractivity contribution in [1.82, 2.24) is 4.90 Å². The zero-order valence-electron chi connectivity index (χ0n) is 8.34. The molecular weight excluding hydrogens is 158 g/mol.